The zero-order chi connectivity index (χ0) is 18.8. The Bertz CT molecular complexity index is 659. The van der Waals surface area contributed by atoms with Gasteiger partial charge in [0.2, 0.25) is 11.7 Å². The number of aliphatic hydroxyl groups excluding tert-OH is 1. The summed E-state index contributed by atoms with van der Waals surface area (Å²) >= 11 is 0. The molecule has 4 atom stereocenters. The van der Waals surface area contributed by atoms with Crippen molar-refractivity contribution < 1.29 is 29.8 Å². The summed E-state index contributed by atoms with van der Waals surface area (Å²) in [4.78, 5) is 33.2. The Hall–Kier alpha value is -2.36. The van der Waals surface area contributed by atoms with Crippen molar-refractivity contribution in [3.8, 4) is 0 Å². The molecule has 0 radical (unpaired) electrons. The number of aldehydes is 1. The Morgan fingerprint density at radius 2 is 1.96 bits per heavy atom. The van der Waals surface area contributed by atoms with Gasteiger partial charge in [0.15, 0.2) is 6.29 Å². The third-order valence-electron chi connectivity index (χ3n) is 4.66. The number of benzene rings is 1. The standard InChI is InChI=1S/C16H20N2O7/c1-9(7-19)14-13(15(21)17-14)12(16(22,23)8-20)6-10-2-4-11(5-3-10)18(24)25/h2-5,8-9,12-14,19,22-23H,6-7H2,1H3,(H,17,21). The van der Waals surface area contributed by atoms with E-state index in [-0.39, 0.29) is 30.9 Å². The lowest BCUT2D eigenvalue weighted by atomic mass is 9.69. The number of rotatable bonds is 8. The third kappa shape index (κ3) is 3.84. The molecule has 9 nitrogen and oxygen atoms in total. The van der Waals surface area contributed by atoms with Crippen molar-refractivity contribution in [1.29, 1.82) is 0 Å². The highest BCUT2D eigenvalue weighted by Gasteiger charge is 2.53. The van der Waals surface area contributed by atoms with E-state index in [0.717, 1.165) is 0 Å². The minimum atomic E-state index is -2.74. The lowest BCUT2D eigenvalue weighted by Crippen LogP contribution is -2.67. The monoisotopic (exact) mass is 352 g/mol. The van der Waals surface area contributed by atoms with Gasteiger partial charge >= 0.3 is 0 Å². The van der Waals surface area contributed by atoms with Crippen LogP contribution < -0.4 is 5.32 Å². The lowest BCUT2D eigenvalue weighted by molar-refractivity contribution is -0.384. The van der Waals surface area contributed by atoms with Crippen LogP contribution in [0.15, 0.2) is 24.3 Å². The van der Waals surface area contributed by atoms with Crippen molar-refractivity contribution in [2.45, 2.75) is 25.2 Å². The van der Waals surface area contributed by atoms with Gasteiger partial charge in [0, 0.05) is 36.6 Å². The van der Waals surface area contributed by atoms with E-state index >= 15 is 0 Å². The molecule has 0 saturated carbocycles. The number of hydrogen-bond donors (Lipinski definition) is 4. The van der Waals surface area contributed by atoms with Crippen molar-refractivity contribution in [3.63, 3.8) is 0 Å². The van der Waals surface area contributed by atoms with E-state index in [1.807, 2.05) is 0 Å². The largest absolute Gasteiger partial charge is 0.396 e. The third-order valence-corrected chi connectivity index (χ3v) is 4.66. The lowest BCUT2D eigenvalue weighted by Gasteiger charge is -2.46. The minimum Gasteiger partial charge on any atom is -0.396 e. The number of nitrogens with one attached hydrogen (secondary N) is 1. The van der Waals surface area contributed by atoms with Crippen LogP contribution in [0, 0.1) is 27.9 Å². The van der Waals surface area contributed by atoms with E-state index in [9.17, 15) is 35.0 Å². The van der Waals surface area contributed by atoms with Crippen molar-refractivity contribution in [1.82, 2.24) is 5.32 Å². The second-order valence-corrected chi connectivity index (χ2v) is 6.36. The summed E-state index contributed by atoms with van der Waals surface area (Å²) in [5.74, 6) is -5.54. The van der Waals surface area contributed by atoms with Crippen LogP contribution in [0.25, 0.3) is 0 Å². The molecule has 1 aliphatic rings. The Labute approximate surface area is 143 Å². The van der Waals surface area contributed by atoms with Gasteiger partial charge in [-0.15, -0.1) is 0 Å². The highest BCUT2D eigenvalue weighted by atomic mass is 16.6. The number of β-lactam (4-membered cyclic amide) rings is 1. The van der Waals surface area contributed by atoms with Crippen LogP contribution in [0.1, 0.15) is 12.5 Å². The highest BCUT2D eigenvalue weighted by Crippen LogP contribution is 2.36. The maximum atomic E-state index is 12.0. The first-order chi connectivity index (χ1) is 11.7. The van der Waals surface area contributed by atoms with Crippen LogP contribution in [0.2, 0.25) is 0 Å². The van der Waals surface area contributed by atoms with E-state index in [1.165, 1.54) is 24.3 Å². The summed E-state index contributed by atoms with van der Waals surface area (Å²) < 4.78 is 0. The van der Waals surface area contributed by atoms with E-state index < -0.39 is 34.5 Å². The summed E-state index contributed by atoms with van der Waals surface area (Å²) in [6.45, 7) is 1.48. The first kappa shape index (κ1) is 19.0. The molecular weight excluding hydrogens is 332 g/mol. The summed E-state index contributed by atoms with van der Waals surface area (Å²) in [5.41, 5.74) is 0.392. The van der Waals surface area contributed by atoms with Gasteiger partial charge in [0.25, 0.3) is 5.69 Å². The molecule has 0 aromatic heterocycles. The molecule has 1 aromatic rings. The molecule has 4 N–H and O–H groups in total. The van der Waals surface area contributed by atoms with Crippen molar-refractivity contribution in [2.24, 2.45) is 17.8 Å². The predicted molar refractivity (Wildman–Crippen MR) is 85.2 cm³/mol. The molecule has 1 saturated heterocycles. The maximum Gasteiger partial charge on any atom is 0.269 e. The number of carbonyl (C=O) groups excluding carboxylic acids is 2. The molecule has 0 bridgehead atoms. The first-order valence-electron chi connectivity index (χ1n) is 7.77. The Morgan fingerprint density at radius 1 is 1.36 bits per heavy atom. The van der Waals surface area contributed by atoms with Crippen LogP contribution in [-0.2, 0) is 16.0 Å². The number of non-ortho nitro benzene ring substituents is 1. The normalized spacial score (nSPS) is 22.5. The molecule has 1 amide bonds. The van der Waals surface area contributed by atoms with Crippen LogP contribution in [0.4, 0.5) is 5.69 Å². The number of nitrogens with zero attached hydrogens (tertiary/aromatic N) is 1. The van der Waals surface area contributed by atoms with Crippen molar-refractivity contribution >= 4 is 17.9 Å². The van der Waals surface area contributed by atoms with Gasteiger partial charge in [0.05, 0.1) is 10.8 Å². The number of aliphatic hydroxyl groups is 3. The predicted octanol–water partition coefficient (Wildman–Crippen LogP) is -0.624. The highest BCUT2D eigenvalue weighted by molar-refractivity contribution is 5.87. The Kier molecular flexibility index (Phi) is 5.51. The van der Waals surface area contributed by atoms with E-state index in [1.54, 1.807) is 6.92 Å². The van der Waals surface area contributed by atoms with Crippen molar-refractivity contribution in [2.75, 3.05) is 6.61 Å². The molecule has 0 aliphatic carbocycles. The fourth-order valence-corrected chi connectivity index (χ4v) is 3.10. The van der Waals surface area contributed by atoms with Crippen LogP contribution >= 0.6 is 0 Å². The number of nitro groups is 1. The second-order valence-electron chi connectivity index (χ2n) is 6.36. The van der Waals surface area contributed by atoms with Gasteiger partial charge in [-0.2, -0.15) is 0 Å². The van der Waals surface area contributed by atoms with Crippen LogP contribution in [-0.4, -0.2) is 50.9 Å². The zero-order valence-electron chi connectivity index (χ0n) is 13.5. The second kappa shape index (κ2) is 7.26. The quantitative estimate of drug-likeness (QED) is 0.160. The van der Waals surface area contributed by atoms with Gasteiger partial charge < -0.3 is 20.6 Å². The molecule has 9 heteroatoms. The number of hydrogen-bond acceptors (Lipinski definition) is 7. The Morgan fingerprint density at radius 3 is 2.40 bits per heavy atom. The van der Waals surface area contributed by atoms with Gasteiger partial charge in [-0.1, -0.05) is 19.1 Å². The Balaban J connectivity index is 2.29. The summed E-state index contributed by atoms with van der Waals surface area (Å²) in [5, 5.41) is 42.7. The number of carbonyl (C=O) groups is 2. The van der Waals surface area contributed by atoms with Crippen LogP contribution in [0.5, 0.6) is 0 Å². The molecule has 0 spiro atoms. The molecule has 25 heavy (non-hydrogen) atoms. The van der Waals surface area contributed by atoms with Gasteiger partial charge in [-0.25, -0.2) is 0 Å². The molecule has 1 aromatic carbocycles. The average Bonchev–Trinajstić information content (AvgIpc) is 2.58. The summed E-state index contributed by atoms with van der Waals surface area (Å²) in [6.07, 6.45) is -0.0776. The fraction of sp³-hybridized carbons (Fsp3) is 0.500. The fourth-order valence-electron chi connectivity index (χ4n) is 3.10. The van der Waals surface area contributed by atoms with E-state index in [4.69, 9.17) is 0 Å². The van der Waals surface area contributed by atoms with E-state index in [0.29, 0.717) is 5.56 Å². The summed E-state index contributed by atoms with van der Waals surface area (Å²) in [7, 11) is 0. The molecule has 1 aliphatic heterocycles. The van der Waals surface area contributed by atoms with Crippen molar-refractivity contribution in [3.05, 3.63) is 39.9 Å². The maximum absolute atomic E-state index is 12.0. The number of nitro benzene ring substituents is 1. The SMILES string of the molecule is CC(CO)C1NC(=O)C1C(Cc1ccc([N+](=O)[O-])cc1)C(O)(O)C=O. The molecule has 2 rings (SSSR count). The molecular formula is C16H20N2O7. The molecule has 4 unspecified atom stereocenters. The summed E-state index contributed by atoms with van der Waals surface area (Å²) in [6, 6.07) is 4.90. The topological polar surface area (TPSA) is 150 Å². The van der Waals surface area contributed by atoms with E-state index in [2.05, 4.69) is 5.32 Å². The molecule has 136 valence electrons. The van der Waals surface area contributed by atoms with Crippen LogP contribution in [0.3, 0.4) is 0 Å². The van der Waals surface area contributed by atoms with Gasteiger partial charge in [-0.3, -0.25) is 19.7 Å². The molecule has 1 heterocycles. The van der Waals surface area contributed by atoms with Gasteiger partial charge in [0.1, 0.15) is 0 Å². The zero-order valence-corrected chi connectivity index (χ0v) is 13.5. The average molecular weight is 352 g/mol. The molecule has 1 fully saturated rings. The minimum absolute atomic E-state index is 0.0324. The number of amides is 1. The first-order valence-corrected chi connectivity index (χ1v) is 7.77. The smallest absolute Gasteiger partial charge is 0.269 e. The van der Waals surface area contributed by atoms with Gasteiger partial charge in [-0.05, 0) is 12.0 Å².